The summed E-state index contributed by atoms with van der Waals surface area (Å²) in [6.45, 7) is 10.5. The number of fused-ring (bicyclic) bond motifs is 1. The summed E-state index contributed by atoms with van der Waals surface area (Å²) in [5.41, 5.74) is 2.50. The van der Waals surface area contributed by atoms with E-state index in [-0.39, 0.29) is 0 Å². The molecule has 4 rings (SSSR count). The molecule has 3 heterocycles. The number of halogens is 1. The summed E-state index contributed by atoms with van der Waals surface area (Å²) in [5.74, 6) is 3.06. The molecule has 0 amide bonds. The van der Waals surface area contributed by atoms with Crippen molar-refractivity contribution in [2.75, 3.05) is 37.6 Å². The fourth-order valence-corrected chi connectivity index (χ4v) is 4.48. The van der Waals surface area contributed by atoms with Gasteiger partial charge in [0.05, 0.1) is 0 Å². The Morgan fingerprint density at radius 2 is 1.93 bits per heavy atom. The van der Waals surface area contributed by atoms with E-state index in [1.54, 1.807) is 0 Å². The van der Waals surface area contributed by atoms with Gasteiger partial charge in [0.25, 0.3) is 0 Å². The smallest absolute Gasteiger partial charge is 0.194 e. The number of nitrogens with zero attached hydrogens (tertiary/aromatic N) is 6. The average Bonchev–Trinajstić information content (AvgIpc) is 2.99. The fraction of sp³-hybridized carbons (Fsp3) is 0.591. The Labute approximate surface area is 184 Å². The van der Waals surface area contributed by atoms with Crippen LogP contribution in [0.4, 0.5) is 5.69 Å². The highest BCUT2D eigenvalue weighted by Gasteiger charge is 2.21. The van der Waals surface area contributed by atoms with Gasteiger partial charge in [0, 0.05) is 56.4 Å². The molecule has 162 valence electrons. The first kappa shape index (κ1) is 21.0. The number of aromatic nitrogens is 3. The molecule has 2 aliphatic heterocycles. The number of hydrogen-bond acceptors (Lipinski definition) is 4. The monoisotopic (exact) mass is 429 g/mol. The number of rotatable bonds is 4. The molecule has 0 aliphatic carbocycles. The quantitative estimate of drug-likeness (QED) is 0.597. The van der Waals surface area contributed by atoms with Crippen LogP contribution in [0, 0.1) is 6.92 Å². The van der Waals surface area contributed by atoms with Crippen molar-refractivity contribution in [2.45, 2.75) is 52.6 Å². The molecule has 1 N–H and O–H groups in total. The van der Waals surface area contributed by atoms with E-state index >= 15 is 0 Å². The van der Waals surface area contributed by atoms with Crippen molar-refractivity contribution in [1.82, 2.24) is 25.0 Å². The minimum Gasteiger partial charge on any atom is -0.368 e. The molecule has 8 heteroatoms. The molecule has 0 unspecified atom stereocenters. The lowest BCUT2D eigenvalue weighted by molar-refractivity contribution is 0.372. The molecule has 7 nitrogen and oxygen atoms in total. The summed E-state index contributed by atoms with van der Waals surface area (Å²) >= 11 is 6.23. The molecule has 2 aliphatic rings. The molecular formula is C22H32ClN7. The van der Waals surface area contributed by atoms with Crippen LogP contribution in [-0.4, -0.2) is 58.3 Å². The third-order valence-corrected chi connectivity index (χ3v) is 6.22. The first-order chi connectivity index (χ1) is 14.7. The second-order valence-electron chi connectivity index (χ2n) is 8.07. The number of aryl methyl sites for hydroxylation is 2. The van der Waals surface area contributed by atoms with Gasteiger partial charge in [-0.2, -0.15) is 0 Å². The lowest BCUT2D eigenvalue weighted by Crippen LogP contribution is -2.52. The van der Waals surface area contributed by atoms with Gasteiger partial charge in [-0.1, -0.05) is 24.1 Å². The van der Waals surface area contributed by atoms with E-state index in [0.717, 1.165) is 68.3 Å². The zero-order chi connectivity index (χ0) is 20.9. The van der Waals surface area contributed by atoms with Crippen molar-refractivity contribution < 1.29 is 0 Å². The van der Waals surface area contributed by atoms with Crippen LogP contribution >= 0.6 is 11.6 Å². The van der Waals surface area contributed by atoms with Crippen molar-refractivity contribution in [1.29, 1.82) is 0 Å². The maximum absolute atomic E-state index is 6.23. The van der Waals surface area contributed by atoms with E-state index in [4.69, 9.17) is 16.6 Å². The summed E-state index contributed by atoms with van der Waals surface area (Å²) in [5, 5.41) is 13.1. The molecule has 1 fully saturated rings. The molecule has 0 atom stereocenters. The molecule has 1 aromatic heterocycles. The largest absolute Gasteiger partial charge is 0.368 e. The van der Waals surface area contributed by atoms with Crippen LogP contribution in [0.3, 0.4) is 0 Å². The van der Waals surface area contributed by atoms with E-state index in [0.29, 0.717) is 6.54 Å². The zero-order valence-corrected chi connectivity index (χ0v) is 18.8. The van der Waals surface area contributed by atoms with Gasteiger partial charge in [-0.3, -0.25) is 0 Å². The Morgan fingerprint density at radius 1 is 1.10 bits per heavy atom. The summed E-state index contributed by atoms with van der Waals surface area (Å²) in [6, 6.07) is 6.12. The van der Waals surface area contributed by atoms with Crippen LogP contribution in [0.25, 0.3) is 0 Å². The highest BCUT2D eigenvalue weighted by Crippen LogP contribution is 2.25. The number of hydrogen-bond donors (Lipinski definition) is 1. The van der Waals surface area contributed by atoms with Gasteiger partial charge in [-0.05, 0) is 44.4 Å². The van der Waals surface area contributed by atoms with Gasteiger partial charge in [-0.15, -0.1) is 10.2 Å². The van der Waals surface area contributed by atoms with Crippen molar-refractivity contribution in [3.05, 3.63) is 40.4 Å². The van der Waals surface area contributed by atoms with Gasteiger partial charge < -0.3 is 19.7 Å². The molecule has 30 heavy (non-hydrogen) atoms. The number of benzene rings is 1. The topological polar surface area (TPSA) is 61.6 Å². The molecule has 0 saturated carbocycles. The molecule has 0 spiro atoms. The lowest BCUT2D eigenvalue weighted by Gasteiger charge is -2.38. The Kier molecular flexibility index (Phi) is 6.77. The third kappa shape index (κ3) is 4.72. The summed E-state index contributed by atoms with van der Waals surface area (Å²) in [6.07, 6.45) is 4.71. The molecule has 1 aromatic carbocycles. The number of piperazine rings is 1. The molecule has 2 aromatic rings. The Bertz CT molecular complexity index is 884. The van der Waals surface area contributed by atoms with Crippen molar-refractivity contribution in [3.8, 4) is 0 Å². The highest BCUT2D eigenvalue weighted by molar-refractivity contribution is 6.30. The molecule has 1 saturated heterocycles. The van der Waals surface area contributed by atoms with Crippen LogP contribution in [-0.2, 0) is 19.5 Å². The number of guanidine groups is 1. The van der Waals surface area contributed by atoms with Gasteiger partial charge in [0.2, 0.25) is 0 Å². The van der Waals surface area contributed by atoms with Gasteiger partial charge >= 0.3 is 0 Å². The second-order valence-corrected chi connectivity index (χ2v) is 8.51. The van der Waals surface area contributed by atoms with Gasteiger partial charge in [0.1, 0.15) is 12.4 Å². The van der Waals surface area contributed by atoms with E-state index < -0.39 is 0 Å². The van der Waals surface area contributed by atoms with E-state index in [9.17, 15) is 0 Å². The van der Waals surface area contributed by atoms with Crippen LogP contribution in [0.2, 0.25) is 5.02 Å². The molecular weight excluding hydrogens is 398 g/mol. The van der Waals surface area contributed by atoms with Crippen molar-refractivity contribution in [3.63, 3.8) is 0 Å². The minimum absolute atomic E-state index is 0.572. The minimum atomic E-state index is 0.572. The number of aliphatic imine (C=N–C) groups is 1. The first-order valence-electron chi connectivity index (χ1n) is 11.1. The zero-order valence-electron chi connectivity index (χ0n) is 18.1. The summed E-state index contributed by atoms with van der Waals surface area (Å²) in [4.78, 5) is 9.68. The summed E-state index contributed by atoms with van der Waals surface area (Å²) < 4.78 is 2.28. The summed E-state index contributed by atoms with van der Waals surface area (Å²) in [7, 11) is 0. The maximum Gasteiger partial charge on any atom is 0.194 e. The normalized spacial score (nSPS) is 17.6. The van der Waals surface area contributed by atoms with Crippen LogP contribution in [0.5, 0.6) is 0 Å². The molecule has 0 bridgehead atoms. The molecule has 0 radical (unpaired) electrons. The third-order valence-electron chi connectivity index (χ3n) is 5.98. The van der Waals surface area contributed by atoms with Crippen LogP contribution in [0.1, 0.15) is 43.4 Å². The SMILES string of the molecule is CCNC(=NCc1nnc2n1CCCCC2)N1CCN(c2cc(Cl)ccc2C)CC1. The van der Waals surface area contributed by atoms with Crippen LogP contribution in [0.15, 0.2) is 23.2 Å². The predicted octanol–water partition coefficient (Wildman–Crippen LogP) is 3.25. The first-order valence-corrected chi connectivity index (χ1v) is 11.5. The Hall–Kier alpha value is -2.28. The standard InChI is InChI=1S/C22H32ClN7/c1-3-24-22(25-16-21-27-26-20-7-5-4-6-10-30(20)21)29-13-11-28(12-14-29)19-15-18(23)9-8-17(19)2/h8-9,15H,3-7,10-14,16H2,1-2H3,(H,24,25). The number of anilines is 1. The van der Waals surface area contributed by atoms with Gasteiger partial charge in [-0.25, -0.2) is 4.99 Å². The highest BCUT2D eigenvalue weighted by atomic mass is 35.5. The Morgan fingerprint density at radius 3 is 2.73 bits per heavy atom. The van der Waals surface area contributed by atoms with Crippen molar-refractivity contribution in [2.24, 2.45) is 4.99 Å². The lowest BCUT2D eigenvalue weighted by atomic mass is 10.1. The van der Waals surface area contributed by atoms with Crippen LogP contribution < -0.4 is 10.2 Å². The second kappa shape index (κ2) is 9.69. The van der Waals surface area contributed by atoms with Crippen molar-refractivity contribution >= 4 is 23.2 Å². The van der Waals surface area contributed by atoms with E-state index in [1.165, 1.54) is 30.5 Å². The van der Waals surface area contributed by atoms with E-state index in [1.807, 2.05) is 6.07 Å². The fourth-order valence-electron chi connectivity index (χ4n) is 4.32. The number of nitrogens with one attached hydrogen (secondary N) is 1. The average molecular weight is 430 g/mol. The van der Waals surface area contributed by atoms with E-state index in [2.05, 4.69) is 55.9 Å². The van der Waals surface area contributed by atoms with Gasteiger partial charge in [0.15, 0.2) is 11.8 Å². The predicted molar refractivity (Wildman–Crippen MR) is 122 cm³/mol. The Balaban J connectivity index is 1.43. The maximum atomic E-state index is 6.23.